The quantitative estimate of drug-likeness (QED) is 0.258. The van der Waals surface area contributed by atoms with Crippen molar-refractivity contribution in [1.29, 1.82) is 0 Å². The van der Waals surface area contributed by atoms with E-state index in [2.05, 4.69) is 16.8 Å². The number of ketones is 1. The Hall–Kier alpha value is -4.21. The SMILES string of the molecule is COc1cc(/C(O)=C2\C(=O)C(=O)N(c3ccc(N4CCN(C)CC4)cc3)C2c2ccc(O)cc2)c(OC)cc1Cl. The summed E-state index contributed by atoms with van der Waals surface area (Å²) in [5.41, 5.74) is 2.07. The molecule has 1 atom stereocenters. The summed E-state index contributed by atoms with van der Waals surface area (Å²) in [6.45, 7) is 3.69. The zero-order chi connectivity index (χ0) is 28.6. The molecule has 0 radical (unpaired) electrons. The molecule has 0 bridgehead atoms. The number of nitrogens with zero attached hydrogens (tertiary/aromatic N) is 3. The van der Waals surface area contributed by atoms with Gasteiger partial charge in [-0.15, -0.1) is 0 Å². The maximum absolute atomic E-state index is 13.6. The standard InChI is InChI=1S/C30H30ClN3O6/c1-32-12-14-33(15-13-32)19-6-8-20(9-7-19)34-27(18-4-10-21(35)11-5-18)26(29(37)30(34)38)28(36)22-16-25(40-3)23(31)17-24(22)39-2/h4-11,16-17,27,35-36H,12-15H2,1-3H3/b28-26+. The fraction of sp³-hybridized carbons (Fsp3) is 0.267. The van der Waals surface area contributed by atoms with Crippen LogP contribution in [0.15, 0.2) is 66.2 Å². The summed E-state index contributed by atoms with van der Waals surface area (Å²) in [7, 11) is 4.93. The van der Waals surface area contributed by atoms with Crippen molar-refractivity contribution in [3.8, 4) is 17.2 Å². The predicted octanol–water partition coefficient (Wildman–Crippen LogP) is 4.44. The average molecular weight is 564 g/mol. The van der Waals surface area contributed by atoms with Gasteiger partial charge in [0.05, 0.1) is 36.4 Å². The number of piperazine rings is 1. The van der Waals surface area contributed by atoms with Crippen LogP contribution in [-0.2, 0) is 9.59 Å². The molecule has 2 aliphatic heterocycles. The molecule has 2 heterocycles. The Morgan fingerprint density at radius 1 is 0.875 bits per heavy atom. The van der Waals surface area contributed by atoms with Crippen LogP contribution in [0.3, 0.4) is 0 Å². The second-order valence-electron chi connectivity index (χ2n) is 9.75. The van der Waals surface area contributed by atoms with Crippen LogP contribution in [0.25, 0.3) is 5.76 Å². The molecule has 9 nitrogen and oxygen atoms in total. The van der Waals surface area contributed by atoms with E-state index >= 15 is 0 Å². The van der Waals surface area contributed by atoms with E-state index in [0.29, 0.717) is 11.3 Å². The van der Waals surface area contributed by atoms with Crippen LogP contribution in [0.2, 0.25) is 5.02 Å². The molecule has 0 spiro atoms. The van der Waals surface area contributed by atoms with Crippen molar-refractivity contribution in [3.63, 3.8) is 0 Å². The van der Waals surface area contributed by atoms with Crippen molar-refractivity contribution in [2.24, 2.45) is 0 Å². The van der Waals surface area contributed by atoms with Crippen LogP contribution in [0.1, 0.15) is 17.2 Å². The molecule has 2 N–H and O–H groups in total. The van der Waals surface area contributed by atoms with Crippen molar-refractivity contribution < 1.29 is 29.3 Å². The van der Waals surface area contributed by atoms with Crippen LogP contribution in [0.4, 0.5) is 11.4 Å². The second kappa shape index (κ2) is 11.1. The molecule has 3 aromatic rings. The Morgan fingerprint density at radius 3 is 2.08 bits per heavy atom. The number of phenols is 1. The summed E-state index contributed by atoms with van der Waals surface area (Å²) in [6, 6.07) is 15.6. The van der Waals surface area contributed by atoms with Gasteiger partial charge in [-0.1, -0.05) is 23.7 Å². The number of Topliss-reactive ketones (excluding diaryl/α,β-unsaturated/α-hetero) is 1. The van der Waals surface area contributed by atoms with Crippen molar-refractivity contribution >= 4 is 40.4 Å². The number of hydrogen-bond donors (Lipinski definition) is 2. The number of methoxy groups -OCH3 is 2. The maximum Gasteiger partial charge on any atom is 0.300 e. The zero-order valence-corrected chi connectivity index (χ0v) is 23.2. The molecule has 0 saturated carbocycles. The number of benzene rings is 3. The number of hydrogen-bond acceptors (Lipinski definition) is 8. The number of aromatic hydroxyl groups is 1. The van der Waals surface area contributed by atoms with Gasteiger partial charge < -0.3 is 29.5 Å². The normalized spacial score (nSPS) is 19.2. The van der Waals surface area contributed by atoms with Crippen LogP contribution in [-0.4, -0.2) is 74.2 Å². The van der Waals surface area contributed by atoms with Gasteiger partial charge in [0.1, 0.15) is 23.0 Å². The van der Waals surface area contributed by atoms with Crippen LogP contribution in [0, 0.1) is 0 Å². The molecule has 0 aromatic heterocycles. The number of phenolic OH excluding ortho intramolecular Hbond substituents is 1. The van der Waals surface area contributed by atoms with Gasteiger partial charge >= 0.3 is 0 Å². The summed E-state index contributed by atoms with van der Waals surface area (Å²) < 4.78 is 10.7. The molecule has 2 aliphatic rings. The van der Waals surface area contributed by atoms with Gasteiger partial charge in [0.2, 0.25) is 0 Å². The number of carbonyl (C=O) groups excluding carboxylic acids is 2. The zero-order valence-electron chi connectivity index (χ0n) is 22.4. The van der Waals surface area contributed by atoms with Crippen LogP contribution < -0.4 is 19.3 Å². The molecule has 208 valence electrons. The average Bonchev–Trinajstić information content (AvgIpc) is 3.23. The lowest BCUT2D eigenvalue weighted by Gasteiger charge is -2.34. The molecule has 2 fully saturated rings. The lowest BCUT2D eigenvalue weighted by Crippen LogP contribution is -2.44. The van der Waals surface area contributed by atoms with Gasteiger partial charge in [-0.2, -0.15) is 0 Å². The minimum Gasteiger partial charge on any atom is -0.508 e. The lowest BCUT2D eigenvalue weighted by atomic mass is 9.94. The number of rotatable bonds is 6. The lowest BCUT2D eigenvalue weighted by molar-refractivity contribution is -0.132. The van der Waals surface area contributed by atoms with E-state index in [9.17, 15) is 19.8 Å². The number of amides is 1. The Labute approximate surface area is 237 Å². The summed E-state index contributed by atoms with van der Waals surface area (Å²) in [6.07, 6.45) is 0. The monoisotopic (exact) mass is 563 g/mol. The Kier molecular flexibility index (Phi) is 7.60. The molecular weight excluding hydrogens is 534 g/mol. The highest BCUT2D eigenvalue weighted by molar-refractivity contribution is 6.51. The molecule has 1 unspecified atom stereocenters. The van der Waals surface area contributed by atoms with E-state index in [1.807, 2.05) is 12.1 Å². The highest BCUT2D eigenvalue weighted by atomic mass is 35.5. The molecule has 2 saturated heterocycles. The van der Waals surface area contributed by atoms with Crippen LogP contribution >= 0.6 is 11.6 Å². The summed E-state index contributed by atoms with van der Waals surface area (Å²) in [5, 5.41) is 21.7. The number of aliphatic hydroxyl groups excluding tert-OH is 1. The van der Waals surface area contributed by atoms with E-state index in [4.69, 9.17) is 21.1 Å². The molecule has 10 heteroatoms. The smallest absolute Gasteiger partial charge is 0.300 e. The first-order valence-electron chi connectivity index (χ1n) is 12.8. The van der Waals surface area contributed by atoms with Crippen molar-refractivity contribution in [3.05, 3.63) is 82.4 Å². The third-order valence-electron chi connectivity index (χ3n) is 7.38. The van der Waals surface area contributed by atoms with Gasteiger partial charge in [-0.25, -0.2) is 0 Å². The maximum atomic E-state index is 13.6. The second-order valence-corrected chi connectivity index (χ2v) is 10.2. The minimum absolute atomic E-state index is 0.0290. The number of anilines is 2. The van der Waals surface area contributed by atoms with Gasteiger partial charge in [-0.3, -0.25) is 14.5 Å². The first-order chi connectivity index (χ1) is 19.2. The van der Waals surface area contributed by atoms with Gasteiger partial charge in [0, 0.05) is 43.6 Å². The van der Waals surface area contributed by atoms with Gasteiger partial charge in [0.25, 0.3) is 11.7 Å². The van der Waals surface area contributed by atoms with E-state index in [-0.39, 0.29) is 33.4 Å². The molecule has 3 aromatic carbocycles. The fourth-order valence-electron chi connectivity index (χ4n) is 5.15. The minimum atomic E-state index is -0.971. The van der Waals surface area contributed by atoms with E-state index in [1.165, 1.54) is 43.4 Å². The molecule has 5 rings (SSSR count). The van der Waals surface area contributed by atoms with Crippen molar-refractivity contribution in [2.45, 2.75) is 6.04 Å². The topological polar surface area (TPSA) is 103 Å². The number of halogens is 1. The number of likely N-dealkylation sites (N-methyl/N-ethyl adjacent to an activating group) is 1. The third-order valence-corrected chi connectivity index (χ3v) is 7.67. The largest absolute Gasteiger partial charge is 0.508 e. The highest BCUT2D eigenvalue weighted by Crippen LogP contribution is 2.45. The van der Waals surface area contributed by atoms with Crippen molar-refractivity contribution in [1.82, 2.24) is 4.90 Å². The highest BCUT2D eigenvalue weighted by Gasteiger charge is 2.47. The molecule has 40 heavy (non-hydrogen) atoms. The van der Waals surface area contributed by atoms with E-state index < -0.39 is 23.5 Å². The molecule has 0 aliphatic carbocycles. The summed E-state index contributed by atoms with van der Waals surface area (Å²) in [4.78, 5) is 33.0. The van der Waals surface area contributed by atoms with E-state index in [1.54, 1.807) is 24.3 Å². The Morgan fingerprint density at radius 2 is 1.48 bits per heavy atom. The summed E-state index contributed by atoms with van der Waals surface area (Å²) >= 11 is 6.25. The first kappa shape index (κ1) is 27.4. The summed E-state index contributed by atoms with van der Waals surface area (Å²) in [5.74, 6) is -1.57. The Balaban J connectivity index is 1.63. The first-order valence-corrected chi connectivity index (χ1v) is 13.2. The third kappa shape index (κ3) is 4.94. The molecular formula is C30H30ClN3O6. The van der Waals surface area contributed by atoms with Gasteiger partial charge in [0.15, 0.2) is 0 Å². The Bertz CT molecular complexity index is 1460. The van der Waals surface area contributed by atoms with Crippen molar-refractivity contribution in [2.75, 3.05) is 57.2 Å². The number of aliphatic hydroxyl groups is 1. The number of ether oxygens (including phenoxy) is 2. The predicted molar refractivity (Wildman–Crippen MR) is 154 cm³/mol. The van der Waals surface area contributed by atoms with Crippen LogP contribution in [0.5, 0.6) is 17.2 Å². The number of carbonyl (C=O) groups is 2. The fourth-order valence-corrected chi connectivity index (χ4v) is 5.38. The van der Waals surface area contributed by atoms with E-state index in [0.717, 1.165) is 31.9 Å². The van der Waals surface area contributed by atoms with Gasteiger partial charge in [-0.05, 0) is 55.1 Å². The molecule has 1 amide bonds.